The molecular weight excluding hydrogens is 380 g/mol. The second kappa shape index (κ2) is 7.95. The third-order valence-corrected chi connectivity index (χ3v) is 8.58. The van der Waals surface area contributed by atoms with Gasteiger partial charge in [0.05, 0.1) is 11.0 Å². The second-order valence-corrected chi connectivity index (χ2v) is 10.3. The van der Waals surface area contributed by atoms with E-state index >= 15 is 0 Å². The van der Waals surface area contributed by atoms with Gasteiger partial charge in [-0.05, 0) is 74.2 Å². The number of piperidine rings is 1. The first-order valence-electron chi connectivity index (χ1n) is 11.2. The zero-order valence-electron chi connectivity index (χ0n) is 17.4. The Morgan fingerprint density at radius 1 is 1.24 bits per heavy atom. The molecule has 1 atom stereocenters. The molecule has 0 radical (unpaired) electrons. The monoisotopic (exact) mass is 412 g/mol. The lowest BCUT2D eigenvalue weighted by Gasteiger charge is -2.39. The standard InChI is InChI=1S/C23H32N4OS/c1-26-20-5-3-2-4-19(20)25-21(26)6-11-24-22(28)18-16-23(18)9-12-27(13-10-23)17-7-14-29-15-8-17/h2-5,17-18H,6-16H2,1H3,(H,24,28). The molecule has 2 aromatic rings. The van der Waals surface area contributed by atoms with E-state index in [0.29, 0.717) is 12.0 Å². The van der Waals surface area contributed by atoms with Crippen molar-refractivity contribution in [3.63, 3.8) is 0 Å². The van der Waals surface area contributed by atoms with Crippen molar-refractivity contribution in [3.05, 3.63) is 30.1 Å². The average Bonchev–Trinajstić information content (AvgIpc) is 3.37. The number of hydrogen-bond acceptors (Lipinski definition) is 4. The van der Waals surface area contributed by atoms with Crippen molar-refractivity contribution in [1.82, 2.24) is 19.8 Å². The van der Waals surface area contributed by atoms with Crippen molar-refractivity contribution in [2.24, 2.45) is 18.4 Å². The molecule has 1 N–H and O–H groups in total. The first-order chi connectivity index (χ1) is 14.2. The van der Waals surface area contributed by atoms with Gasteiger partial charge in [-0.15, -0.1) is 0 Å². The largest absolute Gasteiger partial charge is 0.355 e. The third-order valence-electron chi connectivity index (χ3n) is 7.53. The van der Waals surface area contributed by atoms with Crippen LogP contribution in [-0.4, -0.2) is 57.5 Å². The summed E-state index contributed by atoms with van der Waals surface area (Å²) in [6.07, 6.45) is 7.00. The number of para-hydroxylation sites is 2. The number of carbonyl (C=O) groups is 1. The van der Waals surface area contributed by atoms with Gasteiger partial charge in [0, 0.05) is 32.0 Å². The number of aromatic nitrogens is 2. The Hall–Kier alpha value is -1.53. The Bertz CT molecular complexity index is 880. The van der Waals surface area contributed by atoms with Crippen LogP contribution < -0.4 is 5.32 Å². The minimum absolute atomic E-state index is 0.243. The number of thioether (sulfide) groups is 1. The van der Waals surface area contributed by atoms with Gasteiger partial charge in [-0.2, -0.15) is 11.8 Å². The van der Waals surface area contributed by atoms with Crippen LogP contribution in [0.5, 0.6) is 0 Å². The first kappa shape index (κ1) is 19.4. The number of hydrogen-bond donors (Lipinski definition) is 1. The number of likely N-dealkylation sites (tertiary alicyclic amines) is 1. The summed E-state index contributed by atoms with van der Waals surface area (Å²) in [6.45, 7) is 3.06. The number of carbonyl (C=O) groups excluding carboxylic acids is 1. The highest BCUT2D eigenvalue weighted by molar-refractivity contribution is 7.99. The Morgan fingerprint density at radius 2 is 2.00 bits per heavy atom. The van der Waals surface area contributed by atoms with Crippen LogP contribution in [0.25, 0.3) is 11.0 Å². The molecule has 1 unspecified atom stereocenters. The predicted octanol–water partition coefficient (Wildman–Crippen LogP) is 3.23. The number of rotatable bonds is 5. The van der Waals surface area contributed by atoms with Crippen LogP contribution in [0.4, 0.5) is 0 Å². The van der Waals surface area contributed by atoms with Crippen molar-refractivity contribution in [1.29, 1.82) is 0 Å². The fourth-order valence-electron chi connectivity index (χ4n) is 5.50. The van der Waals surface area contributed by atoms with Crippen LogP contribution in [0.3, 0.4) is 0 Å². The van der Waals surface area contributed by atoms with Gasteiger partial charge in [0.2, 0.25) is 5.91 Å². The van der Waals surface area contributed by atoms with E-state index in [0.717, 1.165) is 35.7 Å². The number of nitrogens with zero attached hydrogens (tertiary/aromatic N) is 3. The van der Waals surface area contributed by atoms with Crippen LogP contribution in [-0.2, 0) is 18.3 Å². The number of imidazole rings is 1. The quantitative estimate of drug-likeness (QED) is 0.819. The summed E-state index contributed by atoms with van der Waals surface area (Å²) >= 11 is 2.10. The molecule has 1 aliphatic carbocycles. The van der Waals surface area contributed by atoms with Crippen molar-refractivity contribution in [2.75, 3.05) is 31.1 Å². The minimum Gasteiger partial charge on any atom is -0.355 e. The van der Waals surface area contributed by atoms with E-state index in [9.17, 15) is 4.79 Å². The molecule has 1 spiro atoms. The van der Waals surface area contributed by atoms with Crippen molar-refractivity contribution < 1.29 is 4.79 Å². The summed E-state index contributed by atoms with van der Waals surface area (Å²) < 4.78 is 2.14. The van der Waals surface area contributed by atoms with Gasteiger partial charge in [-0.3, -0.25) is 4.79 Å². The summed E-state index contributed by atoms with van der Waals surface area (Å²) in [6, 6.07) is 9.00. The summed E-state index contributed by atoms with van der Waals surface area (Å²) in [5.74, 6) is 4.19. The Labute approximate surface area is 177 Å². The van der Waals surface area contributed by atoms with Crippen molar-refractivity contribution in [3.8, 4) is 0 Å². The van der Waals surface area contributed by atoms with Crippen molar-refractivity contribution >= 4 is 28.7 Å². The van der Waals surface area contributed by atoms with Crippen LogP contribution in [0.1, 0.15) is 37.9 Å². The molecule has 156 valence electrons. The first-order valence-corrected chi connectivity index (χ1v) is 12.3. The highest BCUT2D eigenvalue weighted by Crippen LogP contribution is 2.59. The summed E-state index contributed by atoms with van der Waals surface area (Å²) in [5.41, 5.74) is 2.49. The highest BCUT2D eigenvalue weighted by Gasteiger charge is 2.58. The normalized spacial score (nSPS) is 24.8. The Kier molecular flexibility index (Phi) is 5.33. The molecule has 1 aromatic heterocycles. The lowest BCUT2D eigenvalue weighted by Crippen LogP contribution is -2.44. The topological polar surface area (TPSA) is 50.2 Å². The predicted molar refractivity (Wildman–Crippen MR) is 119 cm³/mol. The van der Waals surface area contributed by atoms with Gasteiger partial charge in [-0.1, -0.05) is 12.1 Å². The zero-order valence-corrected chi connectivity index (χ0v) is 18.2. The fourth-order valence-corrected chi connectivity index (χ4v) is 6.58. The van der Waals surface area contributed by atoms with E-state index in [1.807, 2.05) is 18.2 Å². The third kappa shape index (κ3) is 3.81. The Morgan fingerprint density at radius 3 is 2.76 bits per heavy atom. The molecule has 1 amide bonds. The molecule has 29 heavy (non-hydrogen) atoms. The minimum atomic E-state index is 0.243. The summed E-state index contributed by atoms with van der Waals surface area (Å²) in [4.78, 5) is 20.2. The molecule has 2 saturated heterocycles. The molecule has 2 aliphatic heterocycles. The fraction of sp³-hybridized carbons (Fsp3) is 0.652. The van der Waals surface area contributed by atoms with E-state index in [2.05, 4.69) is 39.7 Å². The van der Waals surface area contributed by atoms with Crippen molar-refractivity contribution in [2.45, 2.75) is 44.6 Å². The highest BCUT2D eigenvalue weighted by atomic mass is 32.2. The van der Waals surface area contributed by atoms with E-state index in [1.54, 1.807) is 0 Å². The van der Waals surface area contributed by atoms with Gasteiger partial charge >= 0.3 is 0 Å². The molecule has 3 heterocycles. The Balaban J connectivity index is 1.10. The maximum absolute atomic E-state index is 12.8. The summed E-state index contributed by atoms with van der Waals surface area (Å²) in [7, 11) is 2.06. The lowest BCUT2D eigenvalue weighted by molar-refractivity contribution is -0.123. The molecule has 1 aromatic carbocycles. The van der Waals surface area contributed by atoms with Gasteiger partial charge in [0.25, 0.3) is 0 Å². The molecule has 5 nitrogen and oxygen atoms in total. The van der Waals surface area contributed by atoms with Gasteiger partial charge in [0.1, 0.15) is 5.82 Å². The number of aryl methyl sites for hydroxylation is 1. The van der Waals surface area contributed by atoms with E-state index in [4.69, 9.17) is 4.98 Å². The van der Waals surface area contributed by atoms with Crippen LogP contribution in [0.2, 0.25) is 0 Å². The number of fused-ring (bicyclic) bond motifs is 1. The molecule has 0 bridgehead atoms. The molecule has 6 heteroatoms. The molecular formula is C23H32N4OS. The van der Waals surface area contributed by atoms with Crippen LogP contribution in [0.15, 0.2) is 24.3 Å². The van der Waals surface area contributed by atoms with E-state index < -0.39 is 0 Å². The number of amides is 1. The van der Waals surface area contributed by atoms with Gasteiger partial charge < -0.3 is 14.8 Å². The smallest absolute Gasteiger partial charge is 0.223 e. The van der Waals surface area contributed by atoms with E-state index in [-0.39, 0.29) is 11.8 Å². The molecule has 5 rings (SSSR count). The van der Waals surface area contributed by atoms with Gasteiger partial charge in [-0.25, -0.2) is 4.98 Å². The van der Waals surface area contributed by atoms with Crippen LogP contribution in [0, 0.1) is 11.3 Å². The maximum atomic E-state index is 12.8. The number of benzene rings is 1. The SMILES string of the molecule is Cn1c(CCNC(=O)C2CC23CCN(C2CCSCC2)CC3)nc2ccccc21. The molecule has 1 saturated carbocycles. The number of nitrogens with one attached hydrogen (secondary N) is 1. The van der Waals surface area contributed by atoms with Crippen LogP contribution >= 0.6 is 11.8 Å². The average molecular weight is 413 g/mol. The van der Waals surface area contributed by atoms with Gasteiger partial charge in [0.15, 0.2) is 0 Å². The molecule has 3 aliphatic rings. The zero-order chi connectivity index (χ0) is 19.8. The second-order valence-electron chi connectivity index (χ2n) is 9.12. The lowest BCUT2D eigenvalue weighted by atomic mass is 9.89. The summed E-state index contributed by atoms with van der Waals surface area (Å²) in [5, 5.41) is 3.20. The molecule has 3 fully saturated rings. The van der Waals surface area contributed by atoms with E-state index in [1.165, 1.54) is 50.3 Å². The maximum Gasteiger partial charge on any atom is 0.223 e.